The van der Waals surface area contributed by atoms with E-state index in [-0.39, 0.29) is 41.2 Å². The molecular formula is C22H24BrFN2O5S. The Morgan fingerprint density at radius 2 is 2.00 bits per heavy atom. The number of amides is 2. The van der Waals surface area contributed by atoms with Gasteiger partial charge in [-0.2, -0.15) is 0 Å². The molecule has 2 amide bonds. The molecule has 7 nitrogen and oxygen atoms in total. The lowest BCUT2D eigenvalue weighted by molar-refractivity contribution is -0.117. The Bertz CT molecular complexity index is 1140. The first-order valence-electron chi connectivity index (χ1n) is 9.99. The normalized spacial score (nSPS) is 13.5. The molecule has 1 saturated carbocycles. The van der Waals surface area contributed by atoms with Crippen molar-refractivity contribution in [2.45, 2.75) is 42.4 Å². The van der Waals surface area contributed by atoms with Crippen LogP contribution in [0.5, 0.6) is 5.75 Å². The molecule has 2 aromatic carbocycles. The zero-order valence-corrected chi connectivity index (χ0v) is 20.1. The zero-order valence-electron chi connectivity index (χ0n) is 17.7. The molecule has 0 atom stereocenters. The van der Waals surface area contributed by atoms with Gasteiger partial charge in [0.2, 0.25) is 12.3 Å². The van der Waals surface area contributed by atoms with Crippen LogP contribution in [0.2, 0.25) is 0 Å². The van der Waals surface area contributed by atoms with Crippen molar-refractivity contribution >= 4 is 43.8 Å². The minimum absolute atomic E-state index is 0.0674. The highest BCUT2D eigenvalue weighted by Crippen LogP contribution is 2.36. The summed E-state index contributed by atoms with van der Waals surface area (Å²) in [6.45, 7) is 0.100. The number of carbonyl (C=O) groups is 2. The third-order valence-corrected chi connectivity index (χ3v) is 7.94. The lowest BCUT2D eigenvalue weighted by Gasteiger charge is -2.17. The summed E-state index contributed by atoms with van der Waals surface area (Å²) >= 11 is 3.23. The van der Waals surface area contributed by atoms with E-state index in [2.05, 4.69) is 21.2 Å². The fourth-order valence-electron chi connectivity index (χ4n) is 3.42. The number of methoxy groups -OCH3 is 1. The molecule has 1 aliphatic carbocycles. The first kappa shape index (κ1) is 24.2. The predicted octanol–water partition coefficient (Wildman–Crippen LogP) is 3.69. The molecule has 1 N–H and O–H groups in total. The lowest BCUT2D eigenvalue weighted by atomic mass is 10.1. The summed E-state index contributed by atoms with van der Waals surface area (Å²) < 4.78 is 45.2. The predicted molar refractivity (Wildman–Crippen MR) is 122 cm³/mol. The van der Waals surface area contributed by atoms with Crippen molar-refractivity contribution in [3.8, 4) is 5.75 Å². The molecule has 172 valence electrons. The number of halogens is 2. The van der Waals surface area contributed by atoms with Gasteiger partial charge in [-0.15, -0.1) is 0 Å². The van der Waals surface area contributed by atoms with Crippen molar-refractivity contribution in [3.63, 3.8) is 0 Å². The van der Waals surface area contributed by atoms with E-state index in [0.717, 1.165) is 0 Å². The van der Waals surface area contributed by atoms with Crippen LogP contribution in [0.3, 0.4) is 0 Å². The first-order valence-corrected chi connectivity index (χ1v) is 12.3. The van der Waals surface area contributed by atoms with Crippen LogP contribution in [-0.2, 0) is 32.4 Å². The average molecular weight is 527 g/mol. The summed E-state index contributed by atoms with van der Waals surface area (Å²) in [5.74, 6) is -0.747. The van der Waals surface area contributed by atoms with E-state index in [4.69, 9.17) is 4.74 Å². The molecule has 2 aromatic rings. The molecule has 0 aromatic heterocycles. The summed E-state index contributed by atoms with van der Waals surface area (Å²) in [7, 11) is -0.549. The van der Waals surface area contributed by atoms with Gasteiger partial charge in [-0.05, 0) is 60.7 Å². The summed E-state index contributed by atoms with van der Waals surface area (Å²) in [6, 6.07) is 7.57. The van der Waals surface area contributed by atoms with Gasteiger partial charge in [0.25, 0.3) is 0 Å². The topological polar surface area (TPSA) is 92.8 Å². The zero-order chi connectivity index (χ0) is 23.5. The highest BCUT2D eigenvalue weighted by molar-refractivity contribution is 9.10. The maximum absolute atomic E-state index is 14.0. The number of nitrogens with one attached hydrogen (secondary N) is 1. The van der Waals surface area contributed by atoms with E-state index in [9.17, 15) is 22.4 Å². The van der Waals surface area contributed by atoms with Crippen LogP contribution in [0.15, 0.2) is 39.7 Å². The van der Waals surface area contributed by atoms with Crippen LogP contribution in [0, 0.1) is 5.82 Å². The number of rotatable bonds is 10. The van der Waals surface area contributed by atoms with Gasteiger partial charge in [0.15, 0.2) is 21.4 Å². The van der Waals surface area contributed by atoms with E-state index in [1.165, 1.54) is 30.2 Å². The number of nitrogens with zero attached hydrogens (tertiary/aromatic N) is 1. The van der Waals surface area contributed by atoms with Crippen molar-refractivity contribution in [3.05, 3.63) is 51.7 Å². The number of benzene rings is 2. The minimum atomic E-state index is -3.47. The first-order chi connectivity index (χ1) is 15.1. The molecule has 1 fully saturated rings. The Kier molecular flexibility index (Phi) is 7.55. The Morgan fingerprint density at radius 1 is 1.28 bits per heavy atom. The Morgan fingerprint density at radius 3 is 2.62 bits per heavy atom. The molecule has 3 rings (SSSR count). The number of aryl methyl sites for hydroxylation is 1. The number of hydrogen-bond donors (Lipinski definition) is 1. The van der Waals surface area contributed by atoms with Gasteiger partial charge in [0.05, 0.1) is 17.3 Å². The van der Waals surface area contributed by atoms with Gasteiger partial charge >= 0.3 is 0 Å². The second-order valence-electron chi connectivity index (χ2n) is 7.72. The molecule has 0 saturated heterocycles. The Hall–Kier alpha value is -2.46. The number of carbonyl (C=O) groups excluding carboxylic acids is 2. The van der Waals surface area contributed by atoms with Crippen LogP contribution in [0.1, 0.15) is 30.4 Å². The third kappa shape index (κ3) is 5.66. The third-order valence-electron chi connectivity index (χ3n) is 5.12. The molecule has 0 bridgehead atoms. The van der Waals surface area contributed by atoms with Crippen molar-refractivity contribution in [2.75, 3.05) is 19.5 Å². The van der Waals surface area contributed by atoms with Crippen molar-refractivity contribution < 1.29 is 27.1 Å². The number of hydrogen-bond acceptors (Lipinski definition) is 5. The lowest BCUT2D eigenvalue weighted by Crippen LogP contribution is -2.19. The van der Waals surface area contributed by atoms with Gasteiger partial charge < -0.3 is 15.0 Å². The fourth-order valence-corrected chi connectivity index (χ4v) is 5.76. The van der Waals surface area contributed by atoms with Crippen LogP contribution in [0.25, 0.3) is 0 Å². The maximum atomic E-state index is 14.0. The summed E-state index contributed by atoms with van der Waals surface area (Å²) in [6.07, 6.45) is 2.19. The SMILES string of the molecule is COc1c(F)cc(Br)cc1CCC(=O)Nc1ccc(S(=O)(=O)C2CC2)c(CN(C)C=O)c1. The Balaban J connectivity index is 1.76. The number of sulfone groups is 1. The number of anilines is 1. The van der Waals surface area contributed by atoms with E-state index in [1.54, 1.807) is 19.2 Å². The maximum Gasteiger partial charge on any atom is 0.224 e. The van der Waals surface area contributed by atoms with E-state index < -0.39 is 15.7 Å². The van der Waals surface area contributed by atoms with Gasteiger partial charge in [0, 0.05) is 30.2 Å². The second-order valence-corrected chi connectivity index (χ2v) is 10.8. The second kappa shape index (κ2) is 9.99. The number of ether oxygens (including phenoxy) is 1. The molecule has 10 heteroatoms. The fraction of sp³-hybridized carbons (Fsp3) is 0.364. The molecular weight excluding hydrogens is 503 g/mol. The van der Waals surface area contributed by atoms with Crippen LogP contribution in [-0.4, -0.2) is 45.0 Å². The summed E-state index contributed by atoms with van der Waals surface area (Å²) in [5, 5.41) is 2.36. The quantitative estimate of drug-likeness (QED) is 0.476. The van der Waals surface area contributed by atoms with Crippen molar-refractivity contribution in [1.29, 1.82) is 0 Å². The molecule has 0 heterocycles. The van der Waals surface area contributed by atoms with Gasteiger partial charge in [-0.25, -0.2) is 12.8 Å². The molecule has 0 aliphatic heterocycles. The van der Waals surface area contributed by atoms with Gasteiger partial charge in [-0.3, -0.25) is 9.59 Å². The Labute approximate surface area is 195 Å². The molecule has 1 aliphatic rings. The molecule has 0 spiro atoms. The van der Waals surface area contributed by atoms with Gasteiger partial charge in [-0.1, -0.05) is 15.9 Å². The largest absolute Gasteiger partial charge is 0.493 e. The van der Waals surface area contributed by atoms with Crippen LogP contribution in [0.4, 0.5) is 10.1 Å². The highest BCUT2D eigenvalue weighted by Gasteiger charge is 2.38. The minimum Gasteiger partial charge on any atom is -0.493 e. The van der Waals surface area contributed by atoms with E-state index >= 15 is 0 Å². The molecule has 32 heavy (non-hydrogen) atoms. The van der Waals surface area contributed by atoms with E-state index in [0.29, 0.717) is 40.5 Å². The standard InChI is InChI=1S/C22H24BrFN2O5S/c1-26(13-27)12-15-10-17(4-7-20(15)32(29,30)18-5-6-18)25-21(28)8-3-14-9-16(23)11-19(24)22(14)31-2/h4,7,9-11,13,18H,3,5-6,8,12H2,1-2H3,(H,25,28). The van der Waals surface area contributed by atoms with Crippen molar-refractivity contribution in [2.24, 2.45) is 0 Å². The van der Waals surface area contributed by atoms with E-state index in [1.807, 2.05) is 0 Å². The molecule has 0 unspecified atom stereocenters. The molecule has 0 radical (unpaired) electrons. The smallest absolute Gasteiger partial charge is 0.224 e. The summed E-state index contributed by atoms with van der Waals surface area (Å²) in [5.41, 5.74) is 1.42. The van der Waals surface area contributed by atoms with Gasteiger partial charge in [0.1, 0.15) is 0 Å². The van der Waals surface area contributed by atoms with Crippen molar-refractivity contribution in [1.82, 2.24) is 4.90 Å². The summed E-state index contributed by atoms with van der Waals surface area (Å²) in [4.78, 5) is 25.1. The van der Waals surface area contributed by atoms with Crippen LogP contribution >= 0.6 is 15.9 Å². The monoisotopic (exact) mass is 526 g/mol. The van der Waals surface area contributed by atoms with Crippen LogP contribution < -0.4 is 10.1 Å². The average Bonchev–Trinajstić information content (AvgIpc) is 3.58. The highest BCUT2D eigenvalue weighted by atomic mass is 79.9.